The highest BCUT2D eigenvalue weighted by Gasteiger charge is 2.31. The first-order chi connectivity index (χ1) is 8.63. The third-order valence-electron chi connectivity index (χ3n) is 4.25. The van der Waals surface area contributed by atoms with E-state index in [0.717, 1.165) is 39.0 Å². The normalized spacial score (nSPS) is 27.7. The van der Waals surface area contributed by atoms with Gasteiger partial charge in [0.05, 0.1) is 13.2 Å². The molecule has 2 rings (SSSR count). The minimum absolute atomic E-state index is 0.0891. The zero-order valence-electron chi connectivity index (χ0n) is 11.8. The molecule has 2 unspecified atom stereocenters. The second-order valence-corrected chi connectivity index (χ2v) is 6.24. The fraction of sp³-hybridized carbons (Fsp3) is 1.00. The Balaban J connectivity index is 1.65. The monoisotopic (exact) mass is 256 g/mol. The summed E-state index contributed by atoms with van der Waals surface area (Å²) in [6.45, 7) is 5.26. The quantitative estimate of drug-likeness (QED) is 0.680. The van der Waals surface area contributed by atoms with Crippen molar-refractivity contribution in [1.82, 2.24) is 10.2 Å². The van der Waals surface area contributed by atoms with Gasteiger partial charge >= 0.3 is 0 Å². The molecule has 0 bridgehead atoms. The molecule has 4 heteroatoms. The third-order valence-corrected chi connectivity index (χ3v) is 4.25. The molecule has 0 spiro atoms. The SMILES string of the molecule is CN(CCCC(C)(CO)NC1CC1)C1CCOC1. The summed E-state index contributed by atoms with van der Waals surface area (Å²) in [6, 6.07) is 1.25. The minimum Gasteiger partial charge on any atom is -0.394 e. The van der Waals surface area contributed by atoms with Gasteiger partial charge in [0.2, 0.25) is 0 Å². The Kier molecular flexibility index (Phi) is 5.01. The highest BCUT2D eigenvalue weighted by molar-refractivity contribution is 4.92. The molecule has 2 fully saturated rings. The third kappa shape index (κ3) is 4.19. The van der Waals surface area contributed by atoms with E-state index in [9.17, 15) is 5.11 Å². The predicted molar refractivity (Wildman–Crippen MR) is 72.7 cm³/mol. The van der Waals surface area contributed by atoms with Crippen molar-refractivity contribution in [1.29, 1.82) is 0 Å². The van der Waals surface area contributed by atoms with Gasteiger partial charge in [-0.15, -0.1) is 0 Å². The van der Waals surface area contributed by atoms with E-state index in [-0.39, 0.29) is 12.1 Å². The van der Waals surface area contributed by atoms with E-state index in [1.54, 1.807) is 0 Å². The number of rotatable bonds is 8. The van der Waals surface area contributed by atoms with Crippen LogP contribution in [0.4, 0.5) is 0 Å². The van der Waals surface area contributed by atoms with Crippen molar-refractivity contribution >= 4 is 0 Å². The van der Waals surface area contributed by atoms with Crippen LogP contribution in [0.2, 0.25) is 0 Å². The van der Waals surface area contributed by atoms with Crippen LogP contribution < -0.4 is 5.32 Å². The van der Waals surface area contributed by atoms with Crippen molar-refractivity contribution in [3.63, 3.8) is 0 Å². The van der Waals surface area contributed by atoms with Gasteiger partial charge in [0.1, 0.15) is 0 Å². The summed E-state index contributed by atoms with van der Waals surface area (Å²) in [6.07, 6.45) is 5.87. The first kappa shape index (κ1) is 14.3. The van der Waals surface area contributed by atoms with Crippen LogP contribution in [0.5, 0.6) is 0 Å². The molecule has 1 saturated heterocycles. The van der Waals surface area contributed by atoms with E-state index < -0.39 is 0 Å². The molecular formula is C14H28N2O2. The average Bonchev–Trinajstić information content (AvgIpc) is 2.99. The van der Waals surface area contributed by atoms with Crippen molar-refractivity contribution in [2.24, 2.45) is 0 Å². The van der Waals surface area contributed by atoms with Crippen molar-refractivity contribution in [3.8, 4) is 0 Å². The van der Waals surface area contributed by atoms with Crippen LogP contribution in [0.25, 0.3) is 0 Å². The molecule has 0 aromatic heterocycles. The van der Waals surface area contributed by atoms with Crippen LogP contribution in [-0.2, 0) is 4.74 Å². The molecule has 2 atom stereocenters. The van der Waals surface area contributed by atoms with Gasteiger partial charge in [-0.2, -0.15) is 0 Å². The summed E-state index contributed by atoms with van der Waals surface area (Å²) in [5, 5.41) is 13.1. The Hall–Kier alpha value is -0.160. The number of nitrogens with zero attached hydrogens (tertiary/aromatic N) is 1. The van der Waals surface area contributed by atoms with Crippen molar-refractivity contribution in [2.45, 2.75) is 56.7 Å². The molecule has 0 aromatic rings. The molecule has 0 aromatic carbocycles. The van der Waals surface area contributed by atoms with Gasteiger partial charge < -0.3 is 20.1 Å². The van der Waals surface area contributed by atoms with E-state index in [4.69, 9.17) is 4.74 Å². The average molecular weight is 256 g/mol. The second-order valence-electron chi connectivity index (χ2n) is 6.24. The number of hydrogen-bond donors (Lipinski definition) is 2. The number of aliphatic hydroxyl groups is 1. The minimum atomic E-state index is -0.0891. The molecule has 2 aliphatic rings. The maximum Gasteiger partial charge on any atom is 0.0622 e. The van der Waals surface area contributed by atoms with Gasteiger partial charge in [0.25, 0.3) is 0 Å². The Morgan fingerprint density at radius 2 is 2.17 bits per heavy atom. The zero-order chi connectivity index (χ0) is 13.0. The molecule has 18 heavy (non-hydrogen) atoms. The number of likely N-dealkylation sites (N-methyl/N-ethyl adjacent to an activating group) is 1. The Morgan fingerprint density at radius 3 is 2.72 bits per heavy atom. The molecule has 2 N–H and O–H groups in total. The van der Waals surface area contributed by atoms with Crippen LogP contribution >= 0.6 is 0 Å². The largest absolute Gasteiger partial charge is 0.394 e. The van der Waals surface area contributed by atoms with Gasteiger partial charge in [-0.05, 0) is 52.6 Å². The van der Waals surface area contributed by atoms with Gasteiger partial charge in [-0.1, -0.05) is 0 Å². The van der Waals surface area contributed by atoms with Gasteiger partial charge in [0, 0.05) is 24.2 Å². The Morgan fingerprint density at radius 1 is 1.39 bits per heavy atom. The molecule has 106 valence electrons. The van der Waals surface area contributed by atoms with Crippen LogP contribution in [0.1, 0.15) is 39.0 Å². The van der Waals surface area contributed by atoms with Crippen molar-refractivity contribution < 1.29 is 9.84 Å². The van der Waals surface area contributed by atoms with Crippen molar-refractivity contribution in [2.75, 3.05) is 33.4 Å². The van der Waals surface area contributed by atoms with Crippen LogP contribution in [0.3, 0.4) is 0 Å². The van der Waals surface area contributed by atoms with E-state index in [1.165, 1.54) is 12.8 Å². The van der Waals surface area contributed by atoms with E-state index in [2.05, 4.69) is 24.2 Å². The Bertz CT molecular complexity index is 252. The van der Waals surface area contributed by atoms with Crippen LogP contribution in [0, 0.1) is 0 Å². The molecule has 0 amide bonds. The molecule has 1 saturated carbocycles. The fourth-order valence-electron chi connectivity index (χ4n) is 2.69. The molecule has 1 heterocycles. The molecular weight excluding hydrogens is 228 g/mol. The molecule has 0 radical (unpaired) electrons. The Labute approximate surface area is 111 Å². The highest BCUT2D eigenvalue weighted by Crippen LogP contribution is 2.24. The zero-order valence-corrected chi connectivity index (χ0v) is 11.8. The summed E-state index contributed by atoms with van der Waals surface area (Å²) >= 11 is 0. The van der Waals surface area contributed by atoms with Crippen molar-refractivity contribution in [3.05, 3.63) is 0 Å². The summed E-state index contributed by atoms with van der Waals surface area (Å²) in [4.78, 5) is 2.40. The summed E-state index contributed by atoms with van der Waals surface area (Å²) in [5.41, 5.74) is -0.0891. The maximum absolute atomic E-state index is 9.54. The van der Waals surface area contributed by atoms with E-state index in [1.807, 2.05) is 0 Å². The van der Waals surface area contributed by atoms with Crippen LogP contribution in [0.15, 0.2) is 0 Å². The van der Waals surface area contributed by atoms with E-state index in [0.29, 0.717) is 12.1 Å². The summed E-state index contributed by atoms with van der Waals surface area (Å²) in [7, 11) is 2.18. The number of aliphatic hydroxyl groups excluding tert-OH is 1. The molecule has 1 aliphatic carbocycles. The standard InChI is InChI=1S/C14H28N2O2/c1-14(11-17,15-12-4-5-12)7-3-8-16(2)13-6-9-18-10-13/h12-13,15,17H,3-11H2,1-2H3. The highest BCUT2D eigenvalue weighted by atomic mass is 16.5. The lowest BCUT2D eigenvalue weighted by Gasteiger charge is -2.30. The maximum atomic E-state index is 9.54. The first-order valence-electron chi connectivity index (χ1n) is 7.29. The fourth-order valence-corrected chi connectivity index (χ4v) is 2.69. The number of hydrogen-bond acceptors (Lipinski definition) is 4. The molecule has 4 nitrogen and oxygen atoms in total. The van der Waals surface area contributed by atoms with Crippen LogP contribution in [-0.4, -0.2) is 61.0 Å². The van der Waals surface area contributed by atoms with Gasteiger partial charge in [-0.25, -0.2) is 0 Å². The topological polar surface area (TPSA) is 44.7 Å². The first-order valence-corrected chi connectivity index (χ1v) is 7.29. The van der Waals surface area contributed by atoms with Gasteiger partial charge in [0.15, 0.2) is 0 Å². The van der Waals surface area contributed by atoms with Gasteiger partial charge in [-0.3, -0.25) is 0 Å². The summed E-state index contributed by atoms with van der Waals surface area (Å²) < 4.78 is 5.41. The lowest BCUT2D eigenvalue weighted by molar-refractivity contribution is 0.141. The van der Waals surface area contributed by atoms with E-state index >= 15 is 0 Å². The smallest absolute Gasteiger partial charge is 0.0622 e. The number of nitrogens with one attached hydrogen (secondary N) is 1. The lowest BCUT2D eigenvalue weighted by Crippen LogP contribution is -2.47. The summed E-state index contributed by atoms with van der Waals surface area (Å²) in [5.74, 6) is 0. The molecule has 1 aliphatic heterocycles. The predicted octanol–water partition coefficient (Wildman–Crippen LogP) is 0.990. The second kappa shape index (κ2) is 6.33. The lowest BCUT2D eigenvalue weighted by atomic mass is 9.96. The number of ether oxygens (including phenoxy) is 1.